The van der Waals surface area contributed by atoms with Crippen molar-refractivity contribution >= 4 is 15.7 Å². The zero-order valence-corrected chi connectivity index (χ0v) is 16.5. The van der Waals surface area contributed by atoms with Crippen molar-refractivity contribution < 1.29 is 8.42 Å². The minimum Gasteiger partial charge on any atom is -0.266 e. The van der Waals surface area contributed by atoms with E-state index in [0.29, 0.717) is 18.7 Å². The Hall–Kier alpha value is -3.38. The van der Waals surface area contributed by atoms with Crippen molar-refractivity contribution in [2.45, 2.75) is 11.3 Å². The third kappa shape index (κ3) is 3.02. The summed E-state index contributed by atoms with van der Waals surface area (Å²) >= 11 is 0. The number of anilines is 1. The van der Waals surface area contributed by atoms with Gasteiger partial charge in [-0.05, 0) is 30.2 Å². The molecule has 5 rings (SSSR count). The third-order valence-corrected chi connectivity index (χ3v) is 6.98. The molecule has 29 heavy (non-hydrogen) atoms. The molecule has 0 amide bonds. The van der Waals surface area contributed by atoms with Crippen LogP contribution in [0.4, 0.5) is 5.69 Å². The van der Waals surface area contributed by atoms with Crippen molar-refractivity contribution in [1.82, 2.24) is 9.78 Å². The second-order valence-corrected chi connectivity index (χ2v) is 8.77. The molecule has 0 N–H and O–H groups in total. The van der Waals surface area contributed by atoms with Gasteiger partial charge in [-0.3, -0.25) is 4.31 Å². The molecule has 1 aromatic heterocycles. The van der Waals surface area contributed by atoms with Crippen LogP contribution in [0.15, 0.2) is 96.0 Å². The Morgan fingerprint density at radius 3 is 2.21 bits per heavy atom. The van der Waals surface area contributed by atoms with Gasteiger partial charge in [0.2, 0.25) is 0 Å². The van der Waals surface area contributed by atoms with Crippen LogP contribution in [-0.4, -0.2) is 24.7 Å². The average Bonchev–Trinajstić information content (AvgIpc) is 3.41. The van der Waals surface area contributed by atoms with E-state index < -0.39 is 10.0 Å². The SMILES string of the molecule is O=S(=O)(c1cn(-c2ccccc2)nc1-c1ccccc1)N1CCc2ccccc21. The highest BCUT2D eigenvalue weighted by molar-refractivity contribution is 7.93. The first-order chi connectivity index (χ1) is 14.1. The number of fused-ring (bicyclic) bond motifs is 1. The van der Waals surface area contributed by atoms with Crippen molar-refractivity contribution in [1.29, 1.82) is 0 Å². The molecule has 1 aliphatic rings. The fraction of sp³-hybridized carbons (Fsp3) is 0.0870. The zero-order valence-electron chi connectivity index (χ0n) is 15.6. The van der Waals surface area contributed by atoms with Crippen molar-refractivity contribution in [3.8, 4) is 16.9 Å². The molecule has 1 aliphatic heterocycles. The molecule has 0 spiro atoms. The number of aromatic nitrogens is 2. The molecule has 0 saturated heterocycles. The van der Waals surface area contributed by atoms with Gasteiger partial charge in [0.25, 0.3) is 10.0 Å². The van der Waals surface area contributed by atoms with Crippen LogP contribution < -0.4 is 4.31 Å². The maximum absolute atomic E-state index is 13.7. The highest BCUT2D eigenvalue weighted by atomic mass is 32.2. The largest absolute Gasteiger partial charge is 0.268 e. The predicted octanol–water partition coefficient (Wildman–Crippen LogP) is 4.29. The Kier molecular flexibility index (Phi) is 4.21. The van der Waals surface area contributed by atoms with E-state index in [-0.39, 0.29) is 4.90 Å². The van der Waals surface area contributed by atoms with Crippen molar-refractivity contribution in [3.63, 3.8) is 0 Å². The highest BCUT2D eigenvalue weighted by Crippen LogP contribution is 2.36. The van der Waals surface area contributed by atoms with Crippen molar-refractivity contribution in [2.24, 2.45) is 0 Å². The number of rotatable bonds is 4. The summed E-state index contributed by atoms with van der Waals surface area (Å²) in [7, 11) is -3.77. The smallest absolute Gasteiger partial charge is 0.266 e. The average molecular weight is 401 g/mol. The van der Waals surface area contributed by atoms with E-state index >= 15 is 0 Å². The summed E-state index contributed by atoms with van der Waals surface area (Å²) in [4.78, 5) is 0.212. The van der Waals surface area contributed by atoms with Crippen LogP contribution in [0.25, 0.3) is 16.9 Å². The highest BCUT2D eigenvalue weighted by Gasteiger charge is 2.34. The first-order valence-electron chi connectivity index (χ1n) is 9.46. The second kappa shape index (κ2) is 6.90. The molecule has 144 valence electrons. The van der Waals surface area contributed by atoms with Crippen LogP contribution in [0.1, 0.15) is 5.56 Å². The molecule has 0 aliphatic carbocycles. The first-order valence-corrected chi connectivity index (χ1v) is 10.9. The van der Waals surface area contributed by atoms with Gasteiger partial charge in [0, 0.05) is 12.1 Å². The summed E-state index contributed by atoms with van der Waals surface area (Å²) in [6, 6.07) is 26.7. The van der Waals surface area contributed by atoms with Crippen LogP contribution in [-0.2, 0) is 16.4 Å². The lowest BCUT2D eigenvalue weighted by atomic mass is 10.2. The van der Waals surface area contributed by atoms with Crippen molar-refractivity contribution in [3.05, 3.63) is 96.7 Å². The maximum Gasteiger partial charge on any atom is 0.268 e. The molecule has 4 aromatic rings. The van der Waals surface area contributed by atoms with Gasteiger partial charge in [0.1, 0.15) is 10.6 Å². The number of sulfonamides is 1. The lowest BCUT2D eigenvalue weighted by molar-refractivity contribution is 0.592. The monoisotopic (exact) mass is 401 g/mol. The Bertz CT molecular complexity index is 1270. The summed E-state index contributed by atoms with van der Waals surface area (Å²) in [5.41, 5.74) is 3.84. The number of para-hydroxylation sites is 2. The van der Waals surface area contributed by atoms with E-state index in [1.54, 1.807) is 10.9 Å². The Morgan fingerprint density at radius 2 is 1.45 bits per heavy atom. The molecule has 5 nitrogen and oxygen atoms in total. The molecule has 0 fully saturated rings. The van der Waals surface area contributed by atoms with E-state index in [9.17, 15) is 8.42 Å². The van der Waals surface area contributed by atoms with Gasteiger partial charge in [-0.25, -0.2) is 13.1 Å². The molecule has 0 radical (unpaired) electrons. The standard InChI is InChI=1S/C23H19N3O2S/c27-29(28,26-16-15-18-9-7-8-14-21(18)26)22-17-25(20-12-5-2-6-13-20)24-23(22)19-10-3-1-4-11-19/h1-14,17H,15-16H2. The molecule has 0 atom stereocenters. The summed E-state index contributed by atoms with van der Waals surface area (Å²) in [5.74, 6) is 0. The fourth-order valence-electron chi connectivity index (χ4n) is 3.73. The van der Waals surface area contributed by atoms with Gasteiger partial charge < -0.3 is 0 Å². The van der Waals surface area contributed by atoms with Gasteiger partial charge >= 0.3 is 0 Å². The molecule has 2 heterocycles. The van der Waals surface area contributed by atoms with Gasteiger partial charge in [-0.2, -0.15) is 5.10 Å². The predicted molar refractivity (Wildman–Crippen MR) is 114 cm³/mol. The van der Waals surface area contributed by atoms with Gasteiger partial charge in [0.15, 0.2) is 0 Å². The van der Waals surface area contributed by atoms with E-state index in [2.05, 4.69) is 5.10 Å². The maximum atomic E-state index is 13.7. The number of benzene rings is 3. The van der Waals surface area contributed by atoms with Crippen LogP contribution in [0.5, 0.6) is 0 Å². The Morgan fingerprint density at radius 1 is 0.793 bits per heavy atom. The normalized spacial score (nSPS) is 13.4. The summed E-state index contributed by atoms with van der Waals surface area (Å²) in [5, 5.41) is 4.66. The van der Waals surface area contributed by atoms with Crippen molar-refractivity contribution in [2.75, 3.05) is 10.8 Å². The van der Waals surface area contributed by atoms with E-state index in [1.165, 1.54) is 4.31 Å². The van der Waals surface area contributed by atoms with Crippen LogP contribution in [0.3, 0.4) is 0 Å². The molecule has 0 saturated carbocycles. The number of hydrogen-bond acceptors (Lipinski definition) is 3. The molecular weight excluding hydrogens is 382 g/mol. The minimum absolute atomic E-state index is 0.212. The zero-order chi connectivity index (χ0) is 19.8. The Labute approximate surface area is 169 Å². The quantitative estimate of drug-likeness (QED) is 0.513. The van der Waals surface area contributed by atoms with Gasteiger partial charge in [-0.1, -0.05) is 66.7 Å². The second-order valence-electron chi connectivity index (χ2n) is 6.94. The van der Waals surface area contributed by atoms with E-state index in [0.717, 1.165) is 22.5 Å². The number of nitrogens with zero attached hydrogens (tertiary/aromatic N) is 3. The first kappa shape index (κ1) is 17.7. The minimum atomic E-state index is -3.77. The van der Waals surface area contributed by atoms with E-state index in [1.807, 2.05) is 84.9 Å². The van der Waals surface area contributed by atoms with E-state index in [4.69, 9.17) is 0 Å². The summed E-state index contributed by atoms with van der Waals surface area (Å²) < 4.78 is 30.6. The fourth-order valence-corrected chi connectivity index (χ4v) is 5.37. The summed E-state index contributed by atoms with van der Waals surface area (Å²) in [6.07, 6.45) is 2.33. The molecule has 0 unspecified atom stereocenters. The topological polar surface area (TPSA) is 55.2 Å². The lowest BCUT2D eigenvalue weighted by Gasteiger charge is -2.19. The molecule has 6 heteroatoms. The molecule has 3 aromatic carbocycles. The van der Waals surface area contributed by atoms with Gasteiger partial charge in [0.05, 0.1) is 17.6 Å². The van der Waals surface area contributed by atoms with Crippen LogP contribution >= 0.6 is 0 Å². The third-order valence-electron chi connectivity index (χ3n) is 5.16. The van der Waals surface area contributed by atoms with Crippen LogP contribution in [0.2, 0.25) is 0 Å². The Balaban J connectivity index is 1.69. The number of hydrogen-bond donors (Lipinski definition) is 0. The lowest BCUT2D eigenvalue weighted by Crippen LogP contribution is -2.29. The van der Waals surface area contributed by atoms with Crippen LogP contribution in [0, 0.1) is 0 Å². The van der Waals surface area contributed by atoms with Gasteiger partial charge in [-0.15, -0.1) is 0 Å². The molecular formula is C23H19N3O2S. The molecule has 0 bridgehead atoms. The summed E-state index contributed by atoms with van der Waals surface area (Å²) in [6.45, 7) is 0.437.